The third-order valence-corrected chi connectivity index (χ3v) is 6.51. The normalized spacial score (nSPS) is 17.6. The fourth-order valence-electron chi connectivity index (χ4n) is 4.35. The fourth-order valence-corrected chi connectivity index (χ4v) is 4.35. The van der Waals surface area contributed by atoms with Crippen LogP contribution in [0.15, 0.2) is 60.9 Å². The number of aromatic amines is 1. The number of aliphatic hydroxyl groups is 1. The number of aromatic nitrogens is 3. The van der Waals surface area contributed by atoms with E-state index in [9.17, 15) is 5.11 Å². The van der Waals surface area contributed by atoms with Crippen molar-refractivity contribution in [2.45, 2.75) is 18.9 Å². The molecule has 5 rings (SSSR count). The Balaban J connectivity index is 1.52. The summed E-state index contributed by atoms with van der Waals surface area (Å²) in [5.41, 5.74) is 4.99. The molecule has 0 unspecified atom stereocenters. The number of anilines is 1. The lowest BCUT2D eigenvalue weighted by Crippen LogP contribution is -2.36. The largest absolute Gasteiger partial charge is 0.492 e. The second-order valence-corrected chi connectivity index (χ2v) is 9.15. The molecule has 3 N–H and O–H groups in total. The first-order chi connectivity index (χ1) is 16.6. The Bertz CT molecular complexity index is 1240. The lowest BCUT2D eigenvalue weighted by molar-refractivity contribution is 0.0314. The maximum Gasteiger partial charge on any atom is 0.143 e. The number of hydrogen-bond donors (Lipinski definition) is 3. The van der Waals surface area contributed by atoms with Crippen molar-refractivity contribution < 1.29 is 9.84 Å². The van der Waals surface area contributed by atoms with Gasteiger partial charge in [0, 0.05) is 24.6 Å². The van der Waals surface area contributed by atoms with Crippen LogP contribution in [0.3, 0.4) is 0 Å². The van der Waals surface area contributed by atoms with E-state index in [0.29, 0.717) is 13.2 Å². The zero-order valence-corrected chi connectivity index (χ0v) is 19.7. The molecular weight excluding hydrogens is 426 g/mol. The van der Waals surface area contributed by atoms with Crippen molar-refractivity contribution in [2.75, 3.05) is 39.1 Å². The van der Waals surface area contributed by atoms with Crippen LogP contribution in [0.2, 0.25) is 0 Å². The van der Waals surface area contributed by atoms with E-state index in [1.165, 1.54) is 0 Å². The smallest absolute Gasteiger partial charge is 0.143 e. The first-order valence-corrected chi connectivity index (χ1v) is 11.8. The van der Waals surface area contributed by atoms with Gasteiger partial charge in [0.1, 0.15) is 30.1 Å². The van der Waals surface area contributed by atoms with Crippen molar-refractivity contribution in [1.29, 1.82) is 0 Å². The molecule has 0 aliphatic heterocycles. The summed E-state index contributed by atoms with van der Waals surface area (Å²) < 4.78 is 5.88. The van der Waals surface area contributed by atoms with Crippen LogP contribution in [0.1, 0.15) is 12.8 Å². The van der Waals surface area contributed by atoms with Crippen molar-refractivity contribution in [3.63, 3.8) is 0 Å². The maximum atomic E-state index is 10.00. The summed E-state index contributed by atoms with van der Waals surface area (Å²) in [5, 5.41) is 14.4. The Morgan fingerprint density at radius 1 is 1.03 bits per heavy atom. The van der Waals surface area contributed by atoms with Crippen molar-refractivity contribution >= 4 is 16.9 Å². The molecule has 4 aromatic rings. The quantitative estimate of drug-likeness (QED) is 0.345. The molecular formula is C27H31N5O2. The van der Waals surface area contributed by atoms with E-state index in [1.807, 2.05) is 44.4 Å². The zero-order chi connectivity index (χ0) is 23.5. The molecule has 1 fully saturated rings. The predicted molar refractivity (Wildman–Crippen MR) is 136 cm³/mol. The van der Waals surface area contributed by atoms with Crippen LogP contribution in [-0.2, 0) is 0 Å². The average Bonchev–Trinajstić information content (AvgIpc) is 3.24. The molecule has 1 aliphatic carbocycles. The van der Waals surface area contributed by atoms with Gasteiger partial charge in [0.2, 0.25) is 0 Å². The van der Waals surface area contributed by atoms with Crippen LogP contribution < -0.4 is 10.1 Å². The second-order valence-electron chi connectivity index (χ2n) is 9.15. The van der Waals surface area contributed by atoms with Gasteiger partial charge in [-0.15, -0.1) is 0 Å². The number of hydrogen-bond acceptors (Lipinski definition) is 6. The molecule has 7 heteroatoms. The molecule has 7 nitrogen and oxygen atoms in total. The van der Waals surface area contributed by atoms with E-state index >= 15 is 0 Å². The highest BCUT2D eigenvalue weighted by atomic mass is 16.5. The summed E-state index contributed by atoms with van der Waals surface area (Å²) >= 11 is 0. The van der Waals surface area contributed by atoms with Crippen LogP contribution >= 0.6 is 0 Å². The maximum absolute atomic E-state index is 10.00. The standard InChI is InChI=1S/C27H31N5O2/c1-32(2)14-15-34-21-11-8-19(9-12-21)25-23(18-6-4-3-5-7-18)24-26(29-17-30-27(24)31-25)28-16-20-10-13-22(20)33/h3-9,11-12,17,20,22,33H,10,13-16H2,1-2H3,(H2,28,29,30,31)/t20-,22+/m1/s1. The van der Waals surface area contributed by atoms with Crippen LogP contribution in [0.25, 0.3) is 33.4 Å². The van der Waals surface area contributed by atoms with Gasteiger partial charge in [-0.05, 0) is 62.3 Å². The monoisotopic (exact) mass is 457 g/mol. The number of nitrogens with zero attached hydrogens (tertiary/aromatic N) is 3. The minimum Gasteiger partial charge on any atom is -0.492 e. The molecule has 2 atom stereocenters. The SMILES string of the molecule is CN(C)CCOc1ccc(-c2[nH]c3ncnc(NC[C@H]4CC[C@@H]4O)c3c2-c2ccccc2)cc1. The number of fused-ring (bicyclic) bond motifs is 1. The van der Waals surface area contributed by atoms with Crippen LogP contribution in [-0.4, -0.2) is 64.9 Å². The van der Waals surface area contributed by atoms with Gasteiger partial charge in [-0.2, -0.15) is 0 Å². The van der Waals surface area contributed by atoms with E-state index in [1.54, 1.807) is 6.33 Å². The second kappa shape index (κ2) is 9.83. The number of likely N-dealkylation sites (N-methyl/N-ethyl adjacent to an activating group) is 1. The van der Waals surface area contributed by atoms with Crippen LogP contribution in [0.5, 0.6) is 5.75 Å². The molecule has 0 bridgehead atoms. The minimum atomic E-state index is -0.223. The molecule has 34 heavy (non-hydrogen) atoms. The predicted octanol–water partition coefficient (Wildman–Crippen LogP) is 4.42. The molecule has 176 valence electrons. The van der Waals surface area contributed by atoms with Gasteiger partial charge in [-0.25, -0.2) is 9.97 Å². The Hall–Kier alpha value is -3.42. The van der Waals surface area contributed by atoms with Gasteiger partial charge in [0.25, 0.3) is 0 Å². The molecule has 2 heterocycles. The van der Waals surface area contributed by atoms with Gasteiger partial charge >= 0.3 is 0 Å². The molecule has 1 aliphatic rings. The highest BCUT2D eigenvalue weighted by Crippen LogP contribution is 2.41. The van der Waals surface area contributed by atoms with Gasteiger partial charge in [0.15, 0.2) is 0 Å². The highest BCUT2D eigenvalue weighted by molar-refractivity contribution is 6.07. The van der Waals surface area contributed by atoms with Crippen molar-refractivity contribution in [3.05, 3.63) is 60.9 Å². The van der Waals surface area contributed by atoms with Crippen molar-refractivity contribution in [1.82, 2.24) is 19.9 Å². The molecule has 0 saturated heterocycles. The molecule has 1 saturated carbocycles. The Kier molecular flexibility index (Phi) is 6.47. The fraction of sp³-hybridized carbons (Fsp3) is 0.333. The molecule has 0 radical (unpaired) electrons. The van der Waals surface area contributed by atoms with Crippen LogP contribution in [0.4, 0.5) is 5.82 Å². The Labute approximate surface area is 199 Å². The molecule has 2 aromatic carbocycles. The third-order valence-electron chi connectivity index (χ3n) is 6.51. The number of rotatable bonds is 9. The molecule has 2 aromatic heterocycles. The first kappa shape index (κ1) is 22.4. The lowest BCUT2D eigenvalue weighted by atomic mass is 9.82. The average molecular weight is 458 g/mol. The van der Waals surface area contributed by atoms with E-state index in [0.717, 1.165) is 64.4 Å². The Morgan fingerprint density at radius 2 is 1.82 bits per heavy atom. The zero-order valence-electron chi connectivity index (χ0n) is 19.7. The summed E-state index contributed by atoms with van der Waals surface area (Å²) in [6.45, 7) is 2.21. The lowest BCUT2D eigenvalue weighted by Gasteiger charge is -2.32. The van der Waals surface area contributed by atoms with Gasteiger partial charge in [0.05, 0.1) is 17.2 Å². The summed E-state index contributed by atoms with van der Waals surface area (Å²) in [5.74, 6) is 1.90. The van der Waals surface area contributed by atoms with Gasteiger partial charge in [-0.3, -0.25) is 0 Å². The van der Waals surface area contributed by atoms with Crippen molar-refractivity contribution in [3.8, 4) is 28.1 Å². The topological polar surface area (TPSA) is 86.3 Å². The Morgan fingerprint density at radius 3 is 2.50 bits per heavy atom. The van der Waals surface area contributed by atoms with Gasteiger partial charge in [-0.1, -0.05) is 30.3 Å². The van der Waals surface area contributed by atoms with Crippen molar-refractivity contribution in [2.24, 2.45) is 5.92 Å². The van der Waals surface area contributed by atoms with Crippen LogP contribution in [0, 0.1) is 5.92 Å². The summed E-state index contributed by atoms with van der Waals surface area (Å²) in [6, 6.07) is 18.5. The highest BCUT2D eigenvalue weighted by Gasteiger charge is 2.29. The number of nitrogens with one attached hydrogen (secondary N) is 2. The third kappa shape index (κ3) is 4.62. The summed E-state index contributed by atoms with van der Waals surface area (Å²) in [4.78, 5) is 14.7. The van der Waals surface area contributed by atoms with Gasteiger partial charge < -0.3 is 25.0 Å². The first-order valence-electron chi connectivity index (χ1n) is 11.8. The summed E-state index contributed by atoms with van der Waals surface area (Å²) in [7, 11) is 4.07. The summed E-state index contributed by atoms with van der Waals surface area (Å²) in [6.07, 6.45) is 3.27. The van der Waals surface area contributed by atoms with E-state index in [2.05, 4.69) is 49.4 Å². The van der Waals surface area contributed by atoms with E-state index < -0.39 is 0 Å². The minimum absolute atomic E-state index is 0.223. The number of H-pyrrole nitrogens is 1. The number of benzene rings is 2. The number of aliphatic hydroxyl groups excluding tert-OH is 1. The molecule has 0 amide bonds. The van der Waals surface area contributed by atoms with E-state index in [-0.39, 0.29) is 12.0 Å². The number of ether oxygens (including phenoxy) is 1. The molecule has 0 spiro atoms. The van der Waals surface area contributed by atoms with E-state index in [4.69, 9.17) is 4.74 Å².